The first kappa shape index (κ1) is 34.3. The van der Waals surface area contributed by atoms with Crippen LogP contribution >= 0.6 is 0 Å². The number of aromatic nitrogens is 3. The predicted octanol–water partition coefficient (Wildman–Crippen LogP) is 10.1. The van der Waals surface area contributed by atoms with Crippen molar-refractivity contribution in [2.75, 3.05) is 0 Å². The van der Waals surface area contributed by atoms with Crippen LogP contribution in [0.15, 0.2) is 128 Å². The zero-order valence-corrected chi connectivity index (χ0v) is 30.8. The third kappa shape index (κ3) is 9.08. The Morgan fingerprint density at radius 2 is 1.30 bits per heavy atom. The van der Waals surface area contributed by atoms with Gasteiger partial charge in [-0.25, -0.2) is 0 Å². The van der Waals surface area contributed by atoms with Crippen LogP contribution in [-0.2, 0) is 26.5 Å². The first-order chi connectivity index (χ1) is 22.4. The fourth-order valence-electron chi connectivity index (χ4n) is 6.24. The van der Waals surface area contributed by atoms with Crippen LogP contribution in [0.5, 0.6) is 0 Å². The van der Waals surface area contributed by atoms with Gasteiger partial charge in [0.15, 0.2) is 0 Å². The summed E-state index contributed by atoms with van der Waals surface area (Å²) in [6, 6.07) is 40.5. The van der Waals surface area contributed by atoms with Crippen LogP contribution in [0.4, 0.5) is 0 Å². The standard InChI is InChI=1S/C22H15N2.C20H26NSi.Ir/c1-3-7-17(8-4-1)19-11-12-22(24-16-19)21-13-20(14-23-15-21)18-9-5-2-6-10-18;1-22(2,3)20-15-21-19(17-11-5-4-6-12-17)14-18(20)13-16-9-7-8-10-16;/h1-14,16H;4-6,11,14-16H,7-10,13H2,1-3H3;/q2*-1;. The largest absolute Gasteiger partial charge is 0.359 e. The van der Waals surface area contributed by atoms with Gasteiger partial charge in [-0.2, -0.15) is 0 Å². The van der Waals surface area contributed by atoms with E-state index >= 15 is 0 Å². The summed E-state index contributed by atoms with van der Waals surface area (Å²) in [5, 5.41) is 1.54. The van der Waals surface area contributed by atoms with Crippen molar-refractivity contribution in [2.45, 2.75) is 51.7 Å². The number of hydrogen-bond acceptors (Lipinski definition) is 3. The Labute approximate surface area is 295 Å². The topological polar surface area (TPSA) is 38.7 Å². The summed E-state index contributed by atoms with van der Waals surface area (Å²) < 4.78 is 0. The maximum Gasteiger partial charge on any atom is 0.0798 e. The van der Waals surface area contributed by atoms with Gasteiger partial charge in [-0.1, -0.05) is 135 Å². The molecule has 1 fully saturated rings. The van der Waals surface area contributed by atoms with Gasteiger partial charge in [-0.05, 0) is 58.0 Å². The zero-order chi connectivity index (χ0) is 31.8. The Hall–Kier alpha value is -4.02. The van der Waals surface area contributed by atoms with Crippen LogP contribution in [-0.4, -0.2) is 23.0 Å². The Morgan fingerprint density at radius 1 is 0.638 bits per heavy atom. The fraction of sp³-hybridized carbons (Fsp3) is 0.214. The van der Waals surface area contributed by atoms with Crippen LogP contribution < -0.4 is 5.19 Å². The molecule has 1 saturated carbocycles. The van der Waals surface area contributed by atoms with E-state index in [1.807, 2.05) is 67.0 Å². The molecule has 7 rings (SSSR count). The number of nitrogens with zero attached hydrogens (tertiary/aromatic N) is 3. The third-order valence-corrected chi connectivity index (χ3v) is 10.8. The fourth-order valence-corrected chi connectivity index (χ4v) is 7.83. The first-order valence-electron chi connectivity index (χ1n) is 16.4. The number of rotatable bonds is 7. The van der Waals surface area contributed by atoms with Gasteiger partial charge in [-0.15, -0.1) is 47.5 Å². The van der Waals surface area contributed by atoms with E-state index in [1.165, 1.54) is 32.1 Å². The molecular formula is C42H41IrN3Si-2. The van der Waals surface area contributed by atoms with Gasteiger partial charge in [0.2, 0.25) is 0 Å². The molecule has 6 aromatic rings. The van der Waals surface area contributed by atoms with Gasteiger partial charge in [0, 0.05) is 32.5 Å². The van der Waals surface area contributed by atoms with Crippen molar-refractivity contribution < 1.29 is 20.1 Å². The molecule has 3 heterocycles. The molecule has 0 saturated heterocycles. The van der Waals surface area contributed by atoms with Crippen LogP contribution in [0, 0.1) is 18.2 Å². The molecule has 1 radical (unpaired) electrons. The molecule has 0 atom stereocenters. The molecule has 0 unspecified atom stereocenters. The van der Waals surface area contributed by atoms with E-state index in [0.717, 1.165) is 50.7 Å². The molecule has 3 aromatic carbocycles. The van der Waals surface area contributed by atoms with Gasteiger partial charge in [0.05, 0.1) is 8.07 Å². The minimum absolute atomic E-state index is 0. The second-order valence-electron chi connectivity index (χ2n) is 13.2. The van der Waals surface area contributed by atoms with E-state index in [9.17, 15) is 0 Å². The van der Waals surface area contributed by atoms with Crippen molar-refractivity contribution in [2.24, 2.45) is 5.92 Å². The van der Waals surface area contributed by atoms with Gasteiger partial charge in [0.1, 0.15) is 0 Å². The molecule has 0 amide bonds. The summed E-state index contributed by atoms with van der Waals surface area (Å²) in [6.45, 7) is 7.28. The normalized spacial score (nSPS) is 12.9. The molecule has 5 heteroatoms. The van der Waals surface area contributed by atoms with Crippen LogP contribution in [0.3, 0.4) is 0 Å². The van der Waals surface area contributed by atoms with Gasteiger partial charge in [0.25, 0.3) is 0 Å². The summed E-state index contributed by atoms with van der Waals surface area (Å²) in [6.07, 6.45) is 15.8. The van der Waals surface area contributed by atoms with Crippen molar-refractivity contribution in [1.29, 1.82) is 0 Å². The average molecular weight is 808 g/mol. The molecule has 3 aromatic heterocycles. The van der Waals surface area contributed by atoms with Crippen LogP contribution in [0.1, 0.15) is 31.2 Å². The van der Waals surface area contributed by atoms with Crippen molar-refractivity contribution in [1.82, 2.24) is 15.0 Å². The van der Waals surface area contributed by atoms with E-state index in [2.05, 4.69) is 103 Å². The number of benzene rings is 3. The van der Waals surface area contributed by atoms with Gasteiger partial charge >= 0.3 is 0 Å². The van der Waals surface area contributed by atoms with E-state index in [1.54, 1.807) is 10.8 Å². The molecule has 3 nitrogen and oxygen atoms in total. The molecule has 0 aliphatic heterocycles. The predicted molar refractivity (Wildman–Crippen MR) is 194 cm³/mol. The van der Waals surface area contributed by atoms with Gasteiger partial charge in [-0.3, -0.25) is 0 Å². The molecule has 239 valence electrons. The quantitative estimate of drug-likeness (QED) is 0.119. The summed E-state index contributed by atoms with van der Waals surface area (Å²) >= 11 is 0. The SMILES string of the molecule is C[Si](C)(C)c1cnc(-c2[c-]cccc2)cc1CC1CCCC1.[Ir].[c-]1ncc(-c2ccccc2)cc1-c1ccc(-c2ccccc2)cn1. The van der Waals surface area contributed by atoms with E-state index in [4.69, 9.17) is 4.98 Å². The third-order valence-electron chi connectivity index (χ3n) is 8.71. The van der Waals surface area contributed by atoms with E-state index in [-0.39, 0.29) is 20.1 Å². The molecule has 0 spiro atoms. The maximum absolute atomic E-state index is 4.75. The minimum atomic E-state index is -1.35. The van der Waals surface area contributed by atoms with E-state index in [0.29, 0.717) is 0 Å². The first-order valence-corrected chi connectivity index (χ1v) is 19.9. The second kappa shape index (κ2) is 16.2. The second-order valence-corrected chi connectivity index (χ2v) is 18.2. The number of pyridine rings is 3. The monoisotopic (exact) mass is 808 g/mol. The molecule has 0 bridgehead atoms. The van der Waals surface area contributed by atoms with Crippen molar-refractivity contribution >= 4 is 13.3 Å². The Balaban J connectivity index is 0.000000181. The molecular weight excluding hydrogens is 767 g/mol. The summed E-state index contributed by atoms with van der Waals surface area (Å²) in [5.41, 5.74) is 9.99. The van der Waals surface area contributed by atoms with Crippen molar-refractivity contribution in [3.8, 4) is 44.8 Å². The van der Waals surface area contributed by atoms with Crippen LogP contribution in [0.25, 0.3) is 44.8 Å². The average Bonchev–Trinajstić information content (AvgIpc) is 3.62. The summed E-state index contributed by atoms with van der Waals surface area (Å²) in [5.74, 6) is 0.880. The van der Waals surface area contributed by atoms with Gasteiger partial charge < -0.3 is 15.0 Å². The smallest absolute Gasteiger partial charge is 0.0798 e. The zero-order valence-electron chi connectivity index (χ0n) is 27.4. The van der Waals surface area contributed by atoms with Crippen molar-refractivity contribution in [3.63, 3.8) is 0 Å². The molecule has 0 N–H and O–H groups in total. The number of hydrogen-bond donors (Lipinski definition) is 0. The minimum Gasteiger partial charge on any atom is -0.359 e. The summed E-state index contributed by atoms with van der Waals surface area (Å²) in [4.78, 5) is 13.6. The Bertz CT molecular complexity index is 1830. The molecule has 1 aliphatic rings. The van der Waals surface area contributed by atoms with Crippen LogP contribution in [0.2, 0.25) is 19.6 Å². The Kier molecular flexibility index (Phi) is 11.8. The molecule has 1 aliphatic carbocycles. The molecule has 47 heavy (non-hydrogen) atoms. The van der Waals surface area contributed by atoms with Crippen molar-refractivity contribution in [3.05, 3.63) is 146 Å². The van der Waals surface area contributed by atoms with E-state index < -0.39 is 8.07 Å². The maximum atomic E-state index is 4.75. The Morgan fingerprint density at radius 3 is 1.91 bits per heavy atom. The summed E-state index contributed by atoms with van der Waals surface area (Å²) in [7, 11) is -1.35.